The number of benzene rings is 2. The molecule has 28 heavy (non-hydrogen) atoms. The van der Waals surface area contributed by atoms with Crippen LogP contribution in [0.3, 0.4) is 0 Å². The Morgan fingerprint density at radius 1 is 1.07 bits per heavy atom. The van der Waals surface area contributed by atoms with E-state index in [1.807, 2.05) is 33.7 Å². The second-order valence-electron chi connectivity index (χ2n) is 6.74. The van der Waals surface area contributed by atoms with Gasteiger partial charge in [0.25, 0.3) is 0 Å². The summed E-state index contributed by atoms with van der Waals surface area (Å²) in [6.45, 7) is 8.42. The lowest BCUT2D eigenvalue weighted by molar-refractivity contribution is -0.119. The Labute approximate surface area is 163 Å². The van der Waals surface area contributed by atoms with Crippen LogP contribution in [0.4, 0.5) is 11.4 Å². The maximum absolute atomic E-state index is 12.1. The zero-order chi connectivity index (χ0) is 19.3. The van der Waals surface area contributed by atoms with Crippen LogP contribution in [0.5, 0.6) is 11.6 Å². The third-order valence-electron chi connectivity index (χ3n) is 4.79. The van der Waals surface area contributed by atoms with Gasteiger partial charge >= 0.3 is 0 Å². The van der Waals surface area contributed by atoms with Gasteiger partial charge in [0, 0.05) is 18.7 Å². The van der Waals surface area contributed by atoms with Crippen molar-refractivity contribution in [2.75, 3.05) is 11.4 Å². The molecule has 0 N–H and O–H groups in total. The van der Waals surface area contributed by atoms with Gasteiger partial charge in [0.1, 0.15) is 5.75 Å². The lowest BCUT2D eigenvalue weighted by Gasteiger charge is -2.26. The molecule has 0 radical (unpaired) electrons. The second kappa shape index (κ2) is 7.97. The first-order chi connectivity index (χ1) is 13.7. The van der Waals surface area contributed by atoms with Crippen LogP contribution in [0.15, 0.2) is 61.1 Å². The van der Waals surface area contributed by atoms with Crippen LogP contribution < -0.4 is 9.64 Å². The molecule has 1 fully saturated rings. The van der Waals surface area contributed by atoms with Crippen LogP contribution in [-0.4, -0.2) is 22.0 Å². The van der Waals surface area contributed by atoms with E-state index in [9.17, 15) is 4.79 Å². The third kappa shape index (κ3) is 3.89. The Bertz CT molecular complexity index is 1000. The number of amides is 1. The number of nitrogens with zero attached hydrogens (tertiary/aromatic N) is 4. The van der Waals surface area contributed by atoms with Gasteiger partial charge in [0.15, 0.2) is 5.69 Å². The molecule has 4 rings (SSSR count). The summed E-state index contributed by atoms with van der Waals surface area (Å²) >= 11 is 0. The summed E-state index contributed by atoms with van der Waals surface area (Å²) in [4.78, 5) is 21.5. The van der Waals surface area contributed by atoms with Crippen molar-refractivity contribution in [2.45, 2.75) is 25.8 Å². The van der Waals surface area contributed by atoms with E-state index in [1.165, 1.54) is 0 Å². The highest BCUT2D eigenvalue weighted by atomic mass is 16.5. The number of aromatic nitrogens is 2. The molecule has 0 aliphatic carbocycles. The van der Waals surface area contributed by atoms with E-state index in [1.54, 1.807) is 36.8 Å². The predicted molar refractivity (Wildman–Crippen MR) is 107 cm³/mol. The summed E-state index contributed by atoms with van der Waals surface area (Å²) < 4.78 is 7.82. The molecule has 0 spiro atoms. The smallest absolute Gasteiger partial charge is 0.226 e. The van der Waals surface area contributed by atoms with E-state index in [2.05, 4.69) is 9.83 Å². The summed E-state index contributed by atoms with van der Waals surface area (Å²) in [5.74, 6) is 1.49. The SMILES string of the molecule is [C-]#[N+]c1ccc(Oc2cncn2Cc2ccc(N3CCCCC3=O)cc2)cc1. The highest BCUT2D eigenvalue weighted by Gasteiger charge is 2.19. The van der Waals surface area contributed by atoms with Crippen molar-refractivity contribution in [1.29, 1.82) is 0 Å². The number of ether oxygens (including phenoxy) is 1. The molecule has 6 nitrogen and oxygen atoms in total. The van der Waals surface area contributed by atoms with E-state index >= 15 is 0 Å². The number of hydrogen-bond acceptors (Lipinski definition) is 3. The Kier molecular flexibility index (Phi) is 5.07. The summed E-state index contributed by atoms with van der Waals surface area (Å²) in [6.07, 6.45) is 6.07. The average molecular weight is 372 g/mol. The van der Waals surface area contributed by atoms with Gasteiger partial charge in [-0.2, -0.15) is 0 Å². The summed E-state index contributed by atoms with van der Waals surface area (Å²) in [5.41, 5.74) is 2.63. The van der Waals surface area contributed by atoms with Crippen molar-refractivity contribution in [3.63, 3.8) is 0 Å². The van der Waals surface area contributed by atoms with Gasteiger partial charge in [-0.05, 0) is 42.7 Å². The number of imidazole rings is 1. The average Bonchev–Trinajstić information content (AvgIpc) is 3.16. The maximum atomic E-state index is 12.1. The summed E-state index contributed by atoms with van der Waals surface area (Å²) in [6, 6.07) is 15.1. The Morgan fingerprint density at radius 2 is 1.86 bits per heavy atom. The predicted octanol–water partition coefficient (Wildman–Crippen LogP) is 4.79. The van der Waals surface area contributed by atoms with Gasteiger partial charge < -0.3 is 9.64 Å². The number of anilines is 1. The molecule has 3 aromatic rings. The van der Waals surface area contributed by atoms with Gasteiger partial charge in [-0.25, -0.2) is 9.83 Å². The zero-order valence-electron chi connectivity index (χ0n) is 15.4. The molecular weight excluding hydrogens is 352 g/mol. The second-order valence-corrected chi connectivity index (χ2v) is 6.74. The molecule has 1 aliphatic heterocycles. The van der Waals surface area contributed by atoms with Gasteiger partial charge in [-0.1, -0.05) is 24.3 Å². The van der Waals surface area contributed by atoms with Crippen molar-refractivity contribution in [3.8, 4) is 11.6 Å². The standard InChI is InChI=1S/C22H20N4O2/c1-23-18-7-11-20(12-8-18)28-22-14-24-16-25(22)15-17-5-9-19(10-6-17)26-13-3-2-4-21(26)27/h5-12,14,16H,2-4,13,15H2. The van der Waals surface area contributed by atoms with Crippen molar-refractivity contribution in [1.82, 2.24) is 9.55 Å². The van der Waals surface area contributed by atoms with Crippen molar-refractivity contribution in [3.05, 3.63) is 78.0 Å². The molecule has 1 amide bonds. The minimum absolute atomic E-state index is 0.202. The van der Waals surface area contributed by atoms with Crippen LogP contribution in [0.2, 0.25) is 0 Å². The monoisotopic (exact) mass is 372 g/mol. The number of hydrogen-bond donors (Lipinski definition) is 0. The van der Waals surface area contributed by atoms with E-state index in [4.69, 9.17) is 11.3 Å². The number of piperidine rings is 1. The van der Waals surface area contributed by atoms with Crippen molar-refractivity contribution < 1.29 is 9.53 Å². The molecule has 1 saturated heterocycles. The Morgan fingerprint density at radius 3 is 2.57 bits per heavy atom. The fraction of sp³-hybridized carbons (Fsp3) is 0.227. The van der Waals surface area contributed by atoms with Crippen LogP contribution >= 0.6 is 0 Å². The van der Waals surface area contributed by atoms with Crippen molar-refractivity contribution in [2.24, 2.45) is 0 Å². The fourth-order valence-electron chi connectivity index (χ4n) is 3.28. The van der Waals surface area contributed by atoms with Crippen LogP contribution in [0.1, 0.15) is 24.8 Å². The topological polar surface area (TPSA) is 51.7 Å². The molecular formula is C22H20N4O2. The first-order valence-electron chi connectivity index (χ1n) is 9.28. The Balaban J connectivity index is 1.45. The van der Waals surface area contributed by atoms with Gasteiger partial charge in [0.05, 0.1) is 25.6 Å². The molecule has 0 unspecified atom stereocenters. The first-order valence-corrected chi connectivity index (χ1v) is 9.28. The highest BCUT2D eigenvalue weighted by molar-refractivity contribution is 5.93. The fourth-order valence-corrected chi connectivity index (χ4v) is 3.28. The van der Waals surface area contributed by atoms with Gasteiger partial charge in [-0.3, -0.25) is 9.36 Å². The zero-order valence-corrected chi connectivity index (χ0v) is 15.4. The van der Waals surface area contributed by atoms with E-state index in [-0.39, 0.29) is 5.91 Å². The van der Waals surface area contributed by atoms with E-state index < -0.39 is 0 Å². The molecule has 2 heterocycles. The van der Waals surface area contributed by atoms with E-state index in [0.717, 1.165) is 30.6 Å². The highest BCUT2D eigenvalue weighted by Crippen LogP contribution is 2.25. The third-order valence-corrected chi connectivity index (χ3v) is 4.79. The number of carbonyl (C=O) groups excluding carboxylic acids is 1. The quantitative estimate of drug-likeness (QED) is 0.605. The van der Waals surface area contributed by atoms with E-state index in [0.29, 0.717) is 30.3 Å². The molecule has 6 heteroatoms. The normalized spacial score (nSPS) is 14.0. The lowest BCUT2D eigenvalue weighted by atomic mass is 10.1. The van der Waals surface area contributed by atoms with Crippen LogP contribution in [0.25, 0.3) is 4.85 Å². The van der Waals surface area contributed by atoms with Gasteiger partial charge in [-0.15, -0.1) is 0 Å². The molecule has 140 valence electrons. The van der Waals surface area contributed by atoms with Gasteiger partial charge in [0.2, 0.25) is 11.8 Å². The van der Waals surface area contributed by atoms with Crippen molar-refractivity contribution >= 4 is 17.3 Å². The minimum atomic E-state index is 0.202. The van der Waals surface area contributed by atoms with Crippen LogP contribution in [-0.2, 0) is 11.3 Å². The molecule has 0 bridgehead atoms. The summed E-state index contributed by atoms with van der Waals surface area (Å²) in [7, 11) is 0. The molecule has 2 aromatic carbocycles. The minimum Gasteiger partial charge on any atom is -0.439 e. The maximum Gasteiger partial charge on any atom is 0.226 e. The lowest BCUT2D eigenvalue weighted by Crippen LogP contribution is -2.35. The number of rotatable bonds is 5. The molecule has 0 atom stereocenters. The van der Waals surface area contributed by atoms with Crippen LogP contribution in [0, 0.1) is 6.57 Å². The largest absolute Gasteiger partial charge is 0.439 e. The number of carbonyl (C=O) groups is 1. The molecule has 0 saturated carbocycles. The summed E-state index contributed by atoms with van der Waals surface area (Å²) in [5, 5.41) is 0. The molecule has 1 aromatic heterocycles. The molecule has 1 aliphatic rings. The Hall–Kier alpha value is -3.59. The first kappa shape index (κ1) is 17.8.